The molecule has 0 radical (unpaired) electrons. The number of H-pyrrole nitrogens is 1. The lowest BCUT2D eigenvalue weighted by Gasteiger charge is -2.22. The molecular formula is C27H27Cl2N9O2. The molecule has 1 aromatic carbocycles. The molecule has 6 N–H and O–H groups in total. The number of aromatic nitrogens is 5. The van der Waals surface area contributed by atoms with Gasteiger partial charge in [-0.25, -0.2) is 10.8 Å². The van der Waals surface area contributed by atoms with Crippen LogP contribution >= 0.6 is 23.2 Å². The molecular weight excluding hydrogens is 553 g/mol. The molecule has 206 valence electrons. The Morgan fingerprint density at radius 3 is 2.77 bits per heavy atom. The molecule has 0 spiro atoms. The number of hydrazine groups is 1. The minimum absolute atomic E-state index is 0.0157. The maximum Gasteiger partial charge on any atom is 0.254 e. The summed E-state index contributed by atoms with van der Waals surface area (Å²) in [5, 5.41) is 11.7. The minimum atomic E-state index is -0.418. The van der Waals surface area contributed by atoms with Gasteiger partial charge in [-0.15, -0.1) is 0 Å². The van der Waals surface area contributed by atoms with Crippen molar-refractivity contribution in [3.8, 4) is 22.5 Å². The fourth-order valence-electron chi connectivity index (χ4n) is 4.75. The van der Waals surface area contributed by atoms with Crippen molar-refractivity contribution in [1.29, 1.82) is 0 Å². The monoisotopic (exact) mass is 579 g/mol. The topological polar surface area (TPSA) is 161 Å². The number of carbonyl (C=O) groups is 1. The van der Waals surface area contributed by atoms with Gasteiger partial charge in [0.05, 0.1) is 53.2 Å². The number of halogens is 2. The van der Waals surface area contributed by atoms with Crippen molar-refractivity contribution in [2.75, 3.05) is 10.3 Å². The number of rotatable bonds is 4. The van der Waals surface area contributed by atoms with Crippen molar-refractivity contribution < 1.29 is 4.79 Å². The van der Waals surface area contributed by atoms with Crippen molar-refractivity contribution >= 4 is 40.5 Å². The van der Waals surface area contributed by atoms with Crippen LogP contribution in [0.15, 0.2) is 71.3 Å². The molecule has 40 heavy (non-hydrogen) atoms. The number of nitrogens with one attached hydrogen (secondary N) is 2. The van der Waals surface area contributed by atoms with Crippen molar-refractivity contribution in [2.45, 2.75) is 32.2 Å². The molecule has 2 bridgehead atoms. The number of carbonyl (C=O) groups excluding carboxylic acids is 1. The fourth-order valence-corrected chi connectivity index (χ4v) is 5.03. The van der Waals surface area contributed by atoms with E-state index in [1.54, 1.807) is 35.2 Å². The quantitative estimate of drug-likeness (QED) is 0.157. The largest absolute Gasteiger partial charge is 0.388 e. The smallest absolute Gasteiger partial charge is 0.254 e. The first kappa shape index (κ1) is 27.4. The molecule has 0 fully saturated rings. The third-order valence-corrected chi connectivity index (χ3v) is 7.15. The summed E-state index contributed by atoms with van der Waals surface area (Å²) in [4.78, 5) is 35.6. The van der Waals surface area contributed by atoms with Gasteiger partial charge in [0.25, 0.3) is 5.56 Å². The van der Waals surface area contributed by atoms with Crippen LogP contribution in [0.2, 0.25) is 5.02 Å². The summed E-state index contributed by atoms with van der Waals surface area (Å²) in [7, 11) is 0. The number of nitrogens with two attached hydrogens (primary N) is 2. The van der Waals surface area contributed by atoms with Crippen LogP contribution in [0.1, 0.15) is 37.9 Å². The van der Waals surface area contributed by atoms with E-state index in [0.717, 1.165) is 5.56 Å². The molecule has 2 atom stereocenters. The number of hydrogen-bond acceptors (Lipinski definition) is 8. The Bertz CT molecular complexity index is 1640. The molecule has 11 nitrogen and oxygen atoms in total. The van der Waals surface area contributed by atoms with Crippen molar-refractivity contribution in [1.82, 2.24) is 24.7 Å². The number of hydrogen-bond donors (Lipinski definition) is 4. The van der Waals surface area contributed by atoms with Gasteiger partial charge in [-0.3, -0.25) is 29.2 Å². The van der Waals surface area contributed by atoms with Crippen molar-refractivity contribution in [3.63, 3.8) is 0 Å². The molecule has 1 amide bonds. The average Bonchev–Trinajstić information content (AvgIpc) is 3.38. The van der Waals surface area contributed by atoms with Crippen LogP contribution in [0.3, 0.4) is 0 Å². The molecule has 0 saturated carbocycles. The first-order valence-corrected chi connectivity index (χ1v) is 13.3. The summed E-state index contributed by atoms with van der Waals surface area (Å²) in [5.41, 5.74) is 9.42. The van der Waals surface area contributed by atoms with Crippen LogP contribution in [0, 0.1) is 5.92 Å². The van der Waals surface area contributed by atoms with E-state index in [1.165, 1.54) is 23.6 Å². The van der Waals surface area contributed by atoms with Crippen LogP contribution < -0.4 is 27.5 Å². The molecule has 0 unspecified atom stereocenters. The van der Waals surface area contributed by atoms with Gasteiger partial charge in [-0.1, -0.05) is 36.5 Å². The van der Waals surface area contributed by atoms with Gasteiger partial charge in [-0.05, 0) is 43.2 Å². The second-order valence-corrected chi connectivity index (χ2v) is 10.4. The highest BCUT2D eigenvalue weighted by Gasteiger charge is 2.23. The molecule has 13 heteroatoms. The fraction of sp³-hybridized carbons (Fsp3) is 0.222. The number of amides is 1. The third kappa shape index (κ3) is 5.71. The average molecular weight is 580 g/mol. The normalized spacial score (nSPS) is 17.8. The molecule has 0 aliphatic carbocycles. The lowest BCUT2D eigenvalue weighted by Crippen LogP contribution is -2.28. The molecule has 1 aliphatic rings. The highest BCUT2D eigenvalue weighted by molar-refractivity contribution is 6.31. The van der Waals surface area contributed by atoms with E-state index in [-0.39, 0.29) is 22.5 Å². The van der Waals surface area contributed by atoms with Crippen molar-refractivity contribution in [2.24, 2.45) is 17.5 Å². The maximum atomic E-state index is 13.6. The highest BCUT2D eigenvalue weighted by Crippen LogP contribution is 2.33. The zero-order chi connectivity index (χ0) is 28.4. The zero-order valence-electron chi connectivity index (χ0n) is 21.5. The van der Waals surface area contributed by atoms with E-state index < -0.39 is 6.04 Å². The van der Waals surface area contributed by atoms with Crippen LogP contribution in [-0.4, -0.2) is 30.6 Å². The summed E-state index contributed by atoms with van der Waals surface area (Å²) >= 11 is 12.1. The number of pyridine rings is 1. The third-order valence-electron chi connectivity index (χ3n) is 6.82. The van der Waals surface area contributed by atoms with E-state index >= 15 is 0 Å². The standard InChI is InChI=1S/C27H27Cl2N9O2/c1-15-3-2-4-23(20-9-16(7-8-32-20)26-21(12-34-36-26)35-27(15)40)37-14-33-19(11-25(37)39)18-10-17(28)5-6-22(18)38(31)13-24(29)30/h5-15,23H,2-4,30-31H2,1H3,(H,34,36)(H,35,40)/b24-13-/t15-,23+/m1/s1. The molecule has 1 aliphatic heterocycles. The Kier molecular flexibility index (Phi) is 7.88. The molecule has 3 aromatic heterocycles. The van der Waals surface area contributed by atoms with E-state index in [1.807, 2.05) is 19.1 Å². The van der Waals surface area contributed by atoms with Gasteiger partial charge in [0.15, 0.2) is 0 Å². The lowest BCUT2D eigenvalue weighted by molar-refractivity contribution is -0.119. The summed E-state index contributed by atoms with van der Waals surface area (Å²) in [6.07, 6.45) is 7.98. The van der Waals surface area contributed by atoms with E-state index in [2.05, 4.69) is 25.5 Å². The Morgan fingerprint density at radius 2 is 2.00 bits per heavy atom. The summed E-state index contributed by atoms with van der Waals surface area (Å²) in [5.74, 6) is 5.81. The van der Waals surface area contributed by atoms with Gasteiger partial charge in [0.2, 0.25) is 5.91 Å². The van der Waals surface area contributed by atoms with E-state index in [0.29, 0.717) is 58.3 Å². The van der Waals surface area contributed by atoms with E-state index in [4.69, 9.17) is 34.8 Å². The van der Waals surface area contributed by atoms with Crippen LogP contribution in [-0.2, 0) is 4.79 Å². The Hall–Kier alpha value is -4.19. The van der Waals surface area contributed by atoms with Crippen LogP contribution in [0.25, 0.3) is 22.5 Å². The van der Waals surface area contributed by atoms with Crippen LogP contribution in [0.5, 0.6) is 0 Å². The zero-order valence-corrected chi connectivity index (χ0v) is 23.0. The highest BCUT2D eigenvalue weighted by atomic mass is 35.5. The molecule has 5 rings (SSSR count). The second kappa shape index (κ2) is 11.5. The first-order chi connectivity index (χ1) is 19.2. The van der Waals surface area contributed by atoms with Gasteiger partial charge < -0.3 is 11.1 Å². The number of benzene rings is 1. The Balaban J connectivity index is 1.57. The maximum absolute atomic E-state index is 13.6. The Morgan fingerprint density at radius 1 is 1.18 bits per heavy atom. The van der Waals surface area contributed by atoms with Gasteiger partial charge in [0, 0.05) is 34.3 Å². The van der Waals surface area contributed by atoms with Crippen molar-refractivity contribution in [3.05, 3.63) is 87.5 Å². The second-order valence-electron chi connectivity index (χ2n) is 9.57. The lowest BCUT2D eigenvalue weighted by atomic mass is 9.97. The van der Waals surface area contributed by atoms with E-state index in [9.17, 15) is 9.59 Å². The Labute approximate surface area is 239 Å². The summed E-state index contributed by atoms with van der Waals surface area (Å²) in [6, 6.07) is 9.74. The number of aromatic amines is 1. The van der Waals surface area contributed by atoms with Gasteiger partial charge >= 0.3 is 0 Å². The number of fused-ring (bicyclic) bond motifs is 4. The predicted molar refractivity (Wildman–Crippen MR) is 155 cm³/mol. The number of anilines is 2. The minimum Gasteiger partial charge on any atom is -0.388 e. The van der Waals surface area contributed by atoms with Crippen LogP contribution in [0.4, 0.5) is 11.4 Å². The molecule has 4 heterocycles. The molecule has 0 saturated heterocycles. The first-order valence-electron chi connectivity index (χ1n) is 12.6. The summed E-state index contributed by atoms with van der Waals surface area (Å²) < 4.78 is 1.56. The SMILES string of the molecule is C[C@@H]1CCC[C@H](n2cnc(-c3cc(Cl)ccc3N(N)/C=C(\N)Cl)cc2=O)c2cc(ccn2)-c2[nH]ncc2NC1=O. The number of nitrogens with zero attached hydrogens (tertiary/aromatic N) is 5. The molecule has 4 aromatic rings. The van der Waals surface area contributed by atoms with Gasteiger partial charge in [-0.2, -0.15) is 5.10 Å². The predicted octanol–water partition coefficient (Wildman–Crippen LogP) is 4.37. The van der Waals surface area contributed by atoms with Gasteiger partial charge in [0.1, 0.15) is 5.16 Å². The summed E-state index contributed by atoms with van der Waals surface area (Å²) in [6.45, 7) is 1.88.